The smallest absolute Gasteiger partial charge is 0.376 e. The lowest BCUT2D eigenvalue weighted by atomic mass is 9.92. The summed E-state index contributed by atoms with van der Waals surface area (Å²) in [6.45, 7) is 3.62. The molecule has 1 unspecified atom stereocenters. The van der Waals surface area contributed by atoms with Crippen LogP contribution in [-0.2, 0) is 5.60 Å². The minimum Gasteiger partial charge on any atom is -0.376 e. The number of rotatable bonds is 2. The summed E-state index contributed by atoms with van der Waals surface area (Å²) >= 11 is 0. The van der Waals surface area contributed by atoms with E-state index < -0.39 is 11.8 Å². The third-order valence-electron chi connectivity index (χ3n) is 3.98. The topological polar surface area (TPSA) is 40.5 Å². The summed E-state index contributed by atoms with van der Waals surface area (Å²) in [4.78, 5) is 14.0. The van der Waals surface area contributed by atoms with Crippen LogP contribution in [0.5, 0.6) is 0 Å². The van der Waals surface area contributed by atoms with Crippen molar-refractivity contribution >= 4 is 5.91 Å². The zero-order valence-electron chi connectivity index (χ0n) is 12.0. The Morgan fingerprint density at radius 3 is 2.33 bits per heavy atom. The van der Waals surface area contributed by atoms with Gasteiger partial charge in [-0.05, 0) is 43.9 Å². The number of carbonyl (C=O) groups excluding carboxylic acids is 1. The van der Waals surface area contributed by atoms with Gasteiger partial charge in [-0.25, -0.2) is 0 Å². The molecule has 6 heteroatoms. The van der Waals surface area contributed by atoms with Crippen molar-refractivity contribution in [1.29, 1.82) is 0 Å². The summed E-state index contributed by atoms with van der Waals surface area (Å²) in [5.41, 5.74) is -2.46. The van der Waals surface area contributed by atoms with E-state index in [0.717, 1.165) is 18.9 Å². The number of benzene rings is 1. The number of hydrogen-bond donors (Lipinski definition) is 1. The summed E-state index contributed by atoms with van der Waals surface area (Å²) < 4.78 is 38.7. The molecule has 0 spiro atoms. The Balaban J connectivity index is 2.40. The van der Waals surface area contributed by atoms with Crippen LogP contribution in [0.1, 0.15) is 41.3 Å². The van der Waals surface area contributed by atoms with Gasteiger partial charge >= 0.3 is 6.18 Å². The maximum Gasteiger partial charge on any atom is 0.421 e. The summed E-state index contributed by atoms with van der Waals surface area (Å²) in [5, 5.41) is 9.73. The first-order valence-corrected chi connectivity index (χ1v) is 6.84. The van der Waals surface area contributed by atoms with Crippen LogP contribution in [0.15, 0.2) is 18.2 Å². The van der Waals surface area contributed by atoms with Crippen molar-refractivity contribution in [3.8, 4) is 0 Å². The minimum atomic E-state index is -4.80. The number of carbonyl (C=O) groups is 1. The van der Waals surface area contributed by atoms with E-state index in [-0.39, 0.29) is 17.0 Å². The van der Waals surface area contributed by atoms with Crippen LogP contribution < -0.4 is 0 Å². The van der Waals surface area contributed by atoms with Crippen LogP contribution in [-0.4, -0.2) is 35.2 Å². The zero-order chi connectivity index (χ0) is 15.8. The molecule has 116 valence electrons. The maximum absolute atomic E-state index is 12.9. The van der Waals surface area contributed by atoms with E-state index in [4.69, 9.17) is 0 Å². The van der Waals surface area contributed by atoms with E-state index in [1.807, 2.05) is 0 Å². The first-order valence-electron chi connectivity index (χ1n) is 6.84. The molecule has 1 aromatic carbocycles. The van der Waals surface area contributed by atoms with E-state index in [1.165, 1.54) is 12.1 Å². The predicted octanol–water partition coefficient (Wildman–Crippen LogP) is 3.00. The highest BCUT2D eigenvalue weighted by molar-refractivity contribution is 5.96. The second-order valence-corrected chi connectivity index (χ2v) is 5.60. The Morgan fingerprint density at radius 2 is 1.81 bits per heavy atom. The largest absolute Gasteiger partial charge is 0.421 e. The van der Waals surface area contributed by atoms with Gasteiger partial charge in [0.2, 0.25) is 0 Å². The molecule has 1 N–H and O–H groups in total. The monoisotopic (exact) mass is 301 g/mol. The predicted molar refractivity (Wildman–Crippen MR) is 71.9 cm³/mol. The van der Waals surface area contributed by atoms with Crippen LogP contribution in [0.25, 0.3) is 0 Å². The standard InChI is InChI=1S/C15H18F3NO2/c1-10-5-6-11(14(2,21)15(16,17)18)9-12(10)13(20)19-7-3-4-8-19/h5-6,9,21H,3-4,7-8H2,1-2H3. The number of halogens is 3. The molecular weight excluding hydrogens is 283 g/mol. The van der Waals surface area contributed by atoms with Crippen molar-refractivity contribution in [2.75, 3.05) is 13.1 Å². The molecule has 0 bridgehead atoms. The van der Waals surface area contributed by atoms with Crippen molar-refractivity contribution < 1.29 is 23.1 Å². The number of likely N-dealkylation sites (tertiary alicyclic amines) is 1. The number of aliphatic hydroxyl groups is 1. The second-order valence-electron chi connectivity index (χ2n) is 5.60. The fraction of sp³-hybridized carbons (Fsp3) is 0.533. The number of alkyl halides is 3. The maximum atomic E-state index is 12.9. The van der Waals surface area contributed by atoms with Gasteiger partial charge in [0, 0.05) is 18.7 Å². The quantitative estimate of drug-likeness (QED) is 0.912. The fourth-order valence-electron chi connectivity index (χ4n) is 2.41. The summed E-state index contributed by atoms with van der Waals surface area (Å²) in [6, 6.07) is 3.81. The zero-order valence-corrected chi connectivity index (χ0v) is 12.0. The molecule has 1 aliphatic heterocycles. The van der Waals surface area contributed by atoms with Gasteiger partial charge in [-0.15, -0.1) is 0 Å². The lowest BCUT2D eigenvalue weighted by molar-refractivity contribution is -0.258. The Bertz CT molecular complexity index is 546. The second kappa shape index (κ2) is 5.33. The van der Waals surface area contributed by atoms with E-state index in [2.05, 4.69) is 0 Å². The Kier molecular flexibility index (Phi) is 4.02. The summed E-state index contributed by atoms with van der Waals surface area (Å²) in [5.74, 6) is -0.273. The summed E-state index contributed by atoms with van der Waals surface area (Å²) in [6.07, 6.45) is -2.98. The molecule has 0 radical (unpaired) electrons. The number of aryl methyl sites for hydroxylation is 1. The Labute approximate surface area is 121 Å². The molecule has 1 aliphatic rings. The third kappa shape index (κ3) is 2.90. The van der Waals surface area contributed by atoms with Crippen molar-refractivity contribution in [3.05, 3.63) is 34.9 Å². The first kappa shape index (κ1) is 15.8. The molecule has 0 aliphatic carbocycles. The third-order valence-corrected chi connectivity index (χ3v) is 3.98. The molecule has 1 fully saturated rings. The first-order chi connectivity index (χ1) is 9.64. The highest BCUT2D eigenvalue weighted by atomic mass is 19.4. The van der Waals surface area contributed by atoms with Crippen LogP contribution in [0.4, 0.5) is 13.2 Å². The van der Waals surface area contributed by atoms with Crippen LogP contribution in [0.3, 0.4) is 0 Å². The van der Waals surface area contributed by atoms with Crippen LogP contribution in [0, 0.1) is 6.92 Å². The molecule has 1 amide bonds. The molecule has 2 rings (SSSR count). The lowest BCUT2D eigenvalue weighted by Crippen LogP contribution is -2.39. The van der Waals surface area contributed by atoms with Gasteiger partial charge in [0.15, 0.2) is 5.60 Å². The average molecular weight is 301 g/mol. The van der Waals surface area contributed by atoms with Gasteiger partial charge in [-0.1, -0.05) is 12.1 Å². The molecule has 1 saturated heterocycles. The SMILES string of the molecule is Cc1ccc(C(C)(O)C(F)(F)F)cc1C(=O)N1CCCC1. The van der Waals surface area contributed by atoms with Crippen LogP contribution in [0.2, 0.25) is 0 Å². The van der Waals surface area contributed by atoms with Gasteiger partial charge < -0.3 is 10.0 Å². The van der Waals surface area contributed by atoms with Gasteiger partial charge in [0.1, 0.15) is 0 Å². The van der Waals surface area contributed by atoms with E-state index in [1.54, 1.807) is 11.8 Å². The van der Waals surface area contributed by atoms with E-state index in [0.29, 0.717) is 25.6 Å². The normalized spacial score (nSPS) is 18.7. The minimum absolute atomic E-state index is 0.221. The molecule has 3 nitrogen and oxygen atoms in total. The van der Waals surface area contributed by atoms with E-state index in [9.17, 15) is 23.1 Å². The molecule has 1 aromatic rings. The molecule has 1 heterocycles. The summed E-state index contributed by atoms with van der Waals surface area (Å²) in [7, 11) is 0. The highest BCUT2D eigenvalue weighted by Gasteiger charge is 2.51. The highest BCUT2D eigenvalue weighted by Crippen LogP contribution is 2.39. The fourth-order valence-corrected chi connectivity index (χ4v) is 2.41. The van der Waals surface area contributed by atoms with E-state index >= 15 is 0 Å². The Hall–Kier alpha value is -1.56. The van der Waals surface area contributed by atoms with Crippen molar-refractivity contribution in [2.24, 2.45) is 0 Å². The molecule has 21 heavy (non-hydrogen) atoms. The van der Waals surface area contributed by atoms with Gasteiger partial charge in [0.05, 0.1) is 0 Å². The van der Waals surface area contributed by atoms with Crippen LogP contribution >= 0.6 is 0 Å². The van der Waals surface area contributed by atoms with Gasteiger partial charge in [0.25, 0.3) is 5.91 Å². The molecule has 0 aromatic heterocycles. The molecule has 1 atom stereocenters. The Morgan fingerprint density at radius 1 is 1.24 bits per heavy atom. The molecular formula is C15H18F3NO2. The molecule has 0 saturated carbocycles. The van der Waals surface area contributed by atoms with Gasteiger partial charge in [-0.3, -0.25) is 4.79 Å². The lowest BCUT2D eigenvalue weighted by Gasteiger charge is -2.27. The average Bonchev–Trinajstić information content (AvgIpc) is 2.90. The van der Waals surface area contributed by atoms with Crippen molar-refractivity contribution in [1.82, 2.24) is 4.90 Å². The number of hydrogen-bond acceptors (Lipinski definition) is 2. The van der Waals surface area contributed by atoms with Crippen molar-refractivity contribution in [2.45, 2.75) is 38.5 Å². The number of nitrogens with zero attached hydrogens (tertiary/aromatic N) is 1. The van der Waals surface area contributed by atoms with Gasteiger partial charge in [-0.2, -0.15) is 13.2 Å². The number of amides is 1. The van der Waals surface area contributed by atoms with Crippen molar-refractivity contribution in [3.63, 3.8) is 0 Å².